The van der Waals surface area contributed by atoms with Crippen molar-refractivity contribution in [2.45, 2.75) is 24.3 Å². The number of nitrogens with zero attached hydrogens (tertiary/aromatic N) is 1. The summed E-state index contributed by atoms with van der Waals surface area (Å²) in [5.74, 6) is -0.968. The van der Waals surface area contributed by atoms with E-state index in [-0.39, 0.29) is 0 Å². The molecule has 80 valence electrons. The Morgan fingerprint density at radius 2 is 2.33 bits per heavy atom. The van der Waals surface area contributed by atoms with Crippen molar-refractivity contribution in [1.29, 1.82) is 0 Å². The molecule has 0 aliphatic heterocycles. The minimum atomic E-state index is -0.968. The van der Waals surface area contributed by atoms with Crippen LogP contribution in [0.25, 0.3) is 0 Å². The predicted molar refractivity (Wildman–Crippen MR) is 58.5 cm³/mol. The van der Waals surface area contributed by atoms with Crippen LogP contribution in [0.3, 0.4) is 0 Å². The van der Waals surface area contributed by atoms with E-state index >= 15 is 0 Å². The number of carboxylic acids is 1. The summed E-state index contributed by atoms with van der Waals surface area (Å²) in [4.78, 5) is 15.1. The minimum Gasteiger partial charge on any atom is -0.480 e. The molecule has 0 radical (unpaired) electrons. The van der Waals surface area contributed by atoms with Gasteiger partial charge in [-0.25, -0.2) is 0 Å². The van der Waals surface area contributed by atoms with E-state index in [0.29, 0.717) is 0 Å². The SMILES string of the molecule is NC(C(=O)O)C1(c2ncccc2Br)CC1. The Kier molecular flexibility index (Phi) is 2.52. The monoisotopic (exact) mass is 270 g/mol. The second kappa shape index (κ2) is 3.57. The highest BCUT2D eigenvalue weighted by Gasteiger charge is 2.54. The fourth-order valence-corrected chi connectivity index (χ4v) is 2.47. The van der Waals surface area contributed by atoms with Crippen LogP contribution in [-0.4, -0.2) is 22.1 Å². The van der Waals surface area contributed by atoms with Crippen LogP contribution in [0.2, 0.25) is 0 Å². The summed E-state index contributed by atoms with van der Waals surface area (Å²) in [6, 6.07) is 2.79. The molecular weight excluding hydrogens is 260 g/mol. The molecule has 0 amide bonds. The molecule has 5 heteroatoms. The second-order valence-corrected chi connectivity index (χ2v) is 4.66. The lowest BCUT2D eigenvalue weighted by Crippen LogP contribution is -2.42. The van der Waals surface area contributed by atoms with Crippen LogP contribution in [-0.2, 0) is 10.2 Å². The zero-order valence-corrected chi connectivity index (χ0v) is 9.57. The van der Waals surface area contributed by atoms with E-state index < -0.39 is 17.4 Å². The molecule has 0 saturated heterocycles. The van der Waals surface area contributed by atoms with E-state index in [2.05, 4.69) is 20.9 Å². The Morgan fingerprint density at radius 3 is 2.80 bits per heavy atom. The largest absolute Gasteiger partial charge is 0.480 e. The number of carboxylic acid groups (broad SMARTS) is 1. The normalized spacial score (nSPS) is 19.6. The van der Waals surface area contributed by atoms with Crippen molar-refractivity contribution in [2.75, 3.05) is 0 Å². The summed E-state index contributed by atoms with van der Waals surface area (Å²) in [6.07, 6.45) is 3.24. The van der Waals surface area contributed by atoms with Crippen molar-refractivity contribution in [3.63, 3.8) is 0 Å². The number of aliphatic carboxylic acids is 1. The first-order valence-corrected chi connectivity index (χ1v) is 5.46. The van der Waals surface area contributed by atoms with Gasteiger partial charge in [0.05, 0.1) is 5.69 Å². The number of hydrogen-bond donors (Lipinski definition) is 2. The molecule has 0 bridgehead atoms. The molecule has 1 heterocycles. The van der Waals surface area contributed by atoms with E-state index in [1.165, 1.54) is 0 Å². The van der Waals surface area contributed by atoms with Crippen LogP contribution >= 0.6 is 15.9 Å². The van der Waals surface area contributed by atoms with Crippen molar-refractivity contribution >= 4 is 21.9 Å². The molecule has 0 spiro atoms. The fourth-order valence-electron chi connectivity index (χ4n) is 1.82. The number of halogens is 1. The molecule has 1 aliphatic carbocycles. The van der Waals surface area contributed by atoms with Gasteiger partial charge in [-0.15, -0.1) is 0 Å². The topological polar surface area (TPSA) is 76.2 Å². The van der Waals surface area contributed by atoms with Gasteiger partial charge in [-0.05, 0) is 40.9 Å². The molecule has 3 N–H and O–H groups in total. The Labute approximate surface area is 95.6 Å². The van der Waals surface area contributed by atoms with Gasteiger partial charge in [-0.3, -0.25) is 9.78 Å². The van der Waals surface area contributed by atoms with E-state index in [4.69, 9.17) is 10.8 Å². The zero-order valence-electron chi connectivity index (χ0n) is 7.98. The van der Waals surface area contributed by atoms with Crippen molar-refractivity contribution < 1.29 is 9.90 Å². The Hall–Kier alpha value is -0.940. The molecule has 4 nitrogen and oxygen atoms in total. The smallest absolute Gasteiger partial charge is 0.321 e. The number of carbonyl (C=O) groups is 1. The Balaban J connectivity index is 2.39. The first-order valence-electron chi connectivity index (χ1n) is 4.67. The standard InChI is InChI=1S/C10H11BrN2O2/c11-6-2-1-5-13-8(6)10(3-4-10)7(12)9(14)15/h1-2,5,7H,3-4,12H2,(H,14,15). The summed E-state index contributed by atoms with van der Waals surface area (Å²) < 4.78 is 0.833. The summed E-state index contributed by atoms with van der Waals surface area (Å²) in [7, 11) is 0. The van der Waals surface area contributed by atoms with Crippen molar-refractivity contribution in [3.05, 3.63) is 28.5 Å². The lowest BCUT2D eigenvalue weighted by atomic mass is 9.93. The molecule has 1 aliphatic rings. The first-order chi connectivity index (χ1) is 7.08. The van der Waals surface area contributed by atoms with Gasteiger partial charge in [0.15, 0.2) is 0 Å². The summed E-state index contributed by atoms with van der Waals surface area (Å²) in [5, 5.41) is 8.94. The van der Waals surface area contributed by atoms with Crippen LogP contribution in [0.4, 0.5) is 0 Å². The van der Waals surface area contributed by atoms with Crippen molar-refractivity contribution in [1.82, 2.24) is 4.98 Å². The maximum atomic E-state index is 10.9. The van der Waals surface area contributed by atoms with Crippen molar-refractivity contribution in [3.8, 4) is 0 Å². The van der Waals surface area contributed by atoms with E-state index in [1.807, 2.05) is 6.07 Å². The van der Waals surface area contributed by atoms with E-state index in [0.717, 1.165) is 23.0 Å². The molecule has 2 rings (SSSR count). The average molecular weight is 271 g/mol. The maximum Gasteiger partial charge on any atom is 0.321 e. The Morgan fingerprint density at radius 1 is 1.67 bits per heavy atom. The van der Waals surface area contributed by atoms with Gasteiger partial charge in [-0.1, -0.05) is 0 Å². The molecule has 1 aromatic heterocycles. The number of rotatable bonds is 3. The van der Waals surface area contributed by atoms with Gasteiger partial charge in [0.2, 0.25) is 0 Å². The number of pyridine rings is 1. The fraction of sp³-hybridized carbons (Fsp3) is 0.400. The lowest BCUT2D eigenvalue weighted by molar-refractivity contribution is -0.139. The maximum absolute atomic E-state index is 10.9. The van der Waals surface area contributed by atoms with Gasteiger partial charge in [0.1, 0.15) is 6.04 Å². The molecule has 15 heavy (non-hydrogen) atoms. The second-order valence-electron chi connectivity index (χ2n) is 3.81. The highest BCUT2D eigenvalue weighted by atomic mass is 79.9. The number of nitrogens with two attached hydrogens (primary N) is 1. The number of hydrogen-bond acceptors (Lipinski definition) is 3. The van der Waals surface area contributed by atoms with Gasteiger partial charge in [-0.2, -0.15) is 0 Å². The van der Waals surface area contributed by atoms with Crippen LogP contribution in [0.1, 0.15) is 18.5 Å². The van der Waals surface area contributed by atoms with Crippen molar-refractivity contribution in [2.24, 2.45) is 5.73 Å². The molecule has 0 aromatic carbocycles. The van der Waals surface area contributed by atoms with Gasteiger partial charge >= 0.3 is 5.97 Å². The zero-order chi connectivity index (χ0) is 11.1. The molecule has 1 fully saturated rings. The molecule has 1 atom stereocenters. The quantitative estimate of drug-likeness (QED) is 0.868. The first kappa shape index (κ1) is 10.6. The van der Waals surface area contributed by atoms with Crippen LogP contribution in [0.15, 0.2) is 22.8 Å². The van der Waals surface area contributed by atoms with Crippen LogP contribution < -0.4 is 5.73 Å². The highest BCUT2D eigenvalue weighted by Crippen LogP contribution is 2.51. The lowest BCUT2D eigenvalue weighted by Gasteiger charge is -2.19. The van der Waals surface area contributed by atoms with E-state index in [1.54, 1.807) is 12.3 Å². The molecule has 1 aromatic rings. The van der Waals surface area contributed by atoms with Crippen LogP contribution in [0, 0.1) is 0 Å². The summed E-state index contributed by atoms with van der Waals surface area (Å²) in [5.41, 5.74) is 5.99. The van der Waals surface area contributed by atoms with E-state index in [9.17, 15) is 4.79 Å². The average Bonchev–Trinajstić information content (AvgIpc) is 2.98. The summed E-state index contributed by atoms with van der Waals surface area (Å²) >= 11 is 3.38. The molecule has 1 unspecified atom stereocenters. The highest BCUT2D eigenvalue weighted by molar-refractivity contribution is 9.10. The predicted octanol–water partition coefficient (Wildman–Crippen LogP) is 1.29. The van der Waals surface area contributed by atoms with Crippen LogP contribution in [0.5, 0.6) is 0 Å². The third-order valence-corrected chi connectivity index (χ3v) is 3.52. The summed E-state index contributed by atoms with van der Waals surface area (Å²) in [6.45, 7) is 0. The third-order valence-electron chi connectivity index (χ3n) is 2.88. The Bertz CT molecular complexity index is 404. The minimum absolute atomic E-state index is 0.466. The third kappa shape index (κ3) is 1.66. The molecular formula is C10H11BrN2O2. The number of aromatic nitrogens is 1. The van der Waals surface area contributed by atoms with Gasteiger partial charge in [0.25, 0.3) is 0 Å². The molecule has 1 saturated carbocycles. The van der Waals surface area contributed by atoms with Gasteiger partial charge in [0, 0.05) is 16.1 Å². The van der Waals surface area contributed by atoms with Gasteiger partial charge < -0.3 is 10.8 Å².